The lowest BCUT2D eigenvalue weighted by atomic mass is 10.1. The van der Waals surface area contributed by atoms with Gasteiger partial charge in [0.05, 0.1) is 35.8 Å². The molecule has 48 heavy (non-hydrogen) atoms. The molecule has 0 spiro atoms. The highest BCUT2D eigenvalue weighted by atomic mass is 16.7. The number of nitrogens with one attached hydrogen (secondary N) is 3. The second kappa shape index (κ2) is 16.0. The van der Waals surface area contributed by atoms with E-state index in [1.807, 2.05) is 19.9 Å². The van der Waals surface area contributed by atoms with E-state index in [9.17, 15) is 29.7 Å². The van der Waals surface area contributed by atoms with Crippen LogP contribution in [0.15, 0.2) is 29.2 Å². The van der Waals surface area contributed by atoms with Crippen molar-refractivity contribution in [1.82, 2.24) is 34.6 Å². The molecule has 5 heterocycles. The topological polar surface area (TPSA) is 248 Å². The predicted molar refractivity (Wildman–Crippen MR) is 176 cm³/mol. The minimum absolute atomic E-state index is 0.0342. The zero-order valence-corrected chi connectivity index (χ0v) is 27.4. The number of aromatic nitrogens is 6. The second-order valence-electron chi connectivity index (χ2n) is 11.6. The molecule has 0 radical (unpaired) electrons. The van der Waals surface area contributed by atoms with Gasteiger partial charge < -0.3 is 46.1 Å². The average Bonchev–Trinajstić information content (AvgIpc) is 3.76. The molecule has 6 rings (SSSR count). The van der Waals surface area contributed by atoms with Crippen LogP contribution in [0.4, 0.5) is 17.5 Å². The van der Waals surface area contributed by atoms with Gasteiger partial charge in [-0.15, -0.1) is 0 Å². The summed E-state index contributed by atoms with van der Waals surface area (Å²) in [4.78, 5) is 45.3. The van der Waals surface area contributed by atoms with Gasteiger partial charge in [-0.25, -0.2) is 19.3 Å². The zero-order chi connectivity index (χ0) is 35.0. The Labute approximate surface area is 275 Å². The van der Waals surface area contributed by atoms with Crippen LogP contribution in [0.1, 0.15) is 45.6 Å². The molecule has 4 aromatic heterocycles. The Morgan fingerprint density at radius 1 is 1.21 bits per heavy atom. The van der Waals surface area contributed by atoms with Crippen LogP contribution in [0.3, 0.4) is 0 Å². The molecule has 1 aliphatic carbocycles. The van der Waals surface area contributed by atoms with Crippen molar-refractivity contribution >= 4 is 51.8 Å². The SMILES string of the molecule is CCC(C)C(N)=O.COC.O=CNC1CCC(n2c(=O)n(C(O)(O)O)c3cnc(Nc4ccc5c(N6CCOCC6)n[nH]c5n4)cc32)C1. The molecule has 8 N–H and O–H groups in total. The number of carbonyl (C=O) groups excluding carboxylic acids is 2. The molecule has 18 nitrogen and oxygen atoms in total. The quantitative estimate of drug-likeness (QED) is 0.0930. The number of rotatable bonds is 9. The Balaban J connectivity index is 0.000000458. The normalized spacial score (nSPS) is 18.4. The third-order valence-corrected chi connectivity index (χ3v) is 8.20. The van der Waals surface area contributed by atoms with Gasteiger partial charge in [-0.2, -0.15) is 5.10 Å². The molecule has 2 amide bonds. The number of primary amides is 1. The number of aliphatic hydroxyl groups is 3. The number of anilines is 3. The van der Waals surface area contributed by atoms with Crippen molar-refractivity contribution in [1.29, 1.82) is 0 Å². The molecule has 1 saturated carbocycles. The highest BCUT2D eigenvalue weighted by Crippen LogP contribution is 2.33. The van der Waals surface area contributed by atoms with Crippen molar-refractivity contribution in [2.75, 3.05) is 50.7 Å². The van der Waals surface area contributed by atoms with E-state index >= 15 is 0 Å². The van der Waals surface area contributed by atoms with E-state index < -0.39 is 11.8 Å². The molecule has 2 fully saturated rings. The Hall–Kier alpha value is -4.62. The molecule has 3 unspecified atom stereocenters. The lowest BCUT2D eigenvalue weighted by molar-refractivity contribution is -0.374. The zero-order valence-electron chi connectivity index (χ0n) is 27.4. The minimum atomic E-state index is -3.42. The first kappa shape index (κ1) is 36.2. The van der Waals surface area contributed by atoms with Gasteiger partial charge in [0.25, 0.3) is 0 Å². The lowest BCUT2D eigenvalue weighted by Gasteiger charge is -2.26. The van der Waals surface area contributed by atoms with E-state index in [1.54, 1.807) is 26.4 Å². The molecule has 3 atom stereocenters. The predicted octanol–water partition coefficient (Wildman–Crippen LogP) is 0.214. The number of H-pyrrole nitrogens is 1. The standard InChI is InChI=1S/C23H27N9O6.C5H11NO.C2H6O/c33-12-25-13-1-2-14(9-13)31-16-10-19(24-11-17(16)32(22(31)34)23(35,36)37)26-18-4-3-15-20(27-18)28-29-21(15)30-5-7-38-8-6-30;1-3-4(2)5(6)7;1-3-2/h3-4,10-14,35-37H,1-2,5-9H2,(H,25,33)(H2,24,26,27,28,29);4H,3H2,1-2H3,(H2,6,7);1-2H3. The van der Waals surface area contributed by atoms with Crippen LogP contribution in [0.2, 0.25) is 0 Å². The van der Waals surface area contributed by atoms with Gasteiger partial charge in [-0.05, 0) is 37.8 Å². The molecular weight excluding hydrogens is 628 g/mol. The summed E-state index contributed by atoms with van der Waals surface area (Å²) in [6.45, 7) is 6.53. The van der Waals surface area contributed by atoms with Crippen LogP contribution in [0, 0.1) is 5.92 Å². The number of hydrogen-bond acceptors (Lipinski definition) is 13. The van der Waals surface area contributed by atoms with Gasteiger partial charge in [0.2, 0.25) is 12.3 Å². The summed E-state index contributed by atoms with van der Waals surface area (Å²) in [5, 5.41) is 43.8. The van der Waals surface area contributed by atoms with E-state index in [1.165, 1.54) is 10.8 Å². The minimum Gasteiger partial charge on any atom is -0.388 e. The number of nitrogens with two attached hydrogens (primary N) is 1. The average molecular weight is 673 g/mol. The fraction of sp³-hybridized carbons (Fsp3) is 0.533. The van der Waals surface area contributed by atoms with E-state index in [4.69, 9.17) is 10.5 Å². The molecule has 18 heteroatoms. The summed E-state index contributed by atoms with van der Waals surface area (Å²) in [5.74, 6) is 1.48. The maximum Gasteiger partial charge on any atom is 0.377 e. The number of carbonyl (C=O) groups is 2. The molecule has 1 saturated heterocycles. The van der Waals surface area contributed by atoms with Gasteiger partial charge in [-0.3, -0.25) is 19.3 Å². The lowest BCUT2D eigenvalue weighted by Crippen LogP contribution is -2.41. The number of fused-ring (bicyclic) bond motifs is 2. The summed E-state index contributed by atoms with van der Waals surface area (Å²) >= 11 is 0. The number of amides is 2. The van der Waals surface area contributed by atoms with Crippen molar-refractivity contribution in [3.63, 3.8) is 0 Å². The van der Waals surface area contributed by atoms with E-state index in [0.717, 1.165) is 30.7 Å². The molecular formula is C30H44N10O8. The Morgan fingerprint density at radius 3 is 2.52 bits per heavy atom. The number of aromatic amines is 1. The Bertz CT molecular complexity index is 1740. The number of morpholine rings is 1. The smallest absolute Gasteiger partial charge is 0.377 e. The van der Waals surface area contributed by atoms with Crippen molar-refractivity contribution in [2.45, 2.75) is 57.7 Å². The first-order valence-electron chi connectivity index (χ1n) is 15.6. The van der Waals surface area contributed by atoms with Gasteiger partial charge in [0.1, 0.15) is 11.6 Å². The third kappa shape index (κ3) is 8.26. The van der Waals surface area contributed by atoms with E-state index in [-0.39, 0.29) is 29.4 Å². The van der Waals surface area contributed by atoms with Crippen molar-refractivity contribution in [3.05, 3.63) is 34.9 Å². The number of nitrogens with zero attached hydrogens (tertiary/aromatic N) is 6. The number of methoxy groups -OCH3 is 1. The monoisotopic (exact) mass is 672 g/mol. The van der Waals surface area contributed by atoms with Crippen LogP contribution in [-0.2, 0) is 25.2 Å². The molecule has 262 valence electrons. The summed E-state index contributed by atoms with van der Waals surface area (Å²) in [6, 6.07) is 4.83. The maximum atomic E-state index is 13.2. The van der Waals surface area contributed by atoms with Gasteiger partial charge >= 0.3 is 11.8 Å². The fourth-order valence-electron chi connectivity index (χ4n) is 5.58. The van der Waals surface area contributed by atoms with Gasteiger partial charge in [-0.1, -0.05) is 13.8 Å². The second-order valence-corrected chi connectivity index (χ2v) is 11.6. The third-order valence-electron chi connectivity index (χ3n) is 8.20. The van der Waals surface area contributed by atoms with Crippen LogP contribution < -0.4 is 27.0 Å². The summed E-state index contributed by atoms with van der Waals surface area (Å²) < 4.78 is 11.5. The highest BCUT2D eigenvalue weighted by molar-refractivity contribution is 5.89. The Kier molecular flexibility index (Phi) is 12.1. The van der Waals surface area contributed by atoms with Crippen molar-refractivity contribution < 1.29 is 34.4 Å². The summed E-state index contributed by atoms with van der Waals surface area (Å²) in [7, 11) is 3.25. The molecule has 4 aromatic rings. The van der Waals surface area contributed by atoms with Gasteiger partial charge in [0, 0.05) is 51.4 Å². The number of hydrogen-bond donors (Lipinski definition) is 7. The van der Waals surface area contributed by atoms with Crippen LogP contribution in [-0.4, -0.2) is 104 Å². The van der Waals surface area contributed by atoms with Crippen molar-refractivity contribution in [3.8, 4) is 0 Å². The first-order chi connectivity index (χ1) is 22.9. The van der Waals surface area contributed by atoms with Crippen molar-refractivity contribution in [2.24, 2.45) is 11.7 Å². The van der Waals surface area contributed by atoms with E-state index in [2.05, 4.69) is 40.4 Å². The number of imidazole rings is 1. The van der Waals surface area contributed by atoms with Gasteiger partial charge in [0.15, 0.2) is 11.5 Å². The number of pyridine rings is 2. The maximum absolute atomic E-state index is 13.2. The molecule has 0 aromatic carbocycles. The van der Waals surface area contributed by atoms with Crippen LogP contribution in [0.25, 0.3) is 22.1 Å². The largest absolute Gasteiger partial charge is 0.388 e. The number of ether oxygens (including phenoxy) is 2. The first-order valence-corrected chi connectivity index (χ1v) is 15.6. The molecule has 0 bridgehead atoms. The van der Waals surface area contributed by atoms with Crippen LogP contribution in [0.5, 0.6) is 0 Å². The molecule has 1 aliphatic heterocycles. The fourth-order valence-corrected chi connectivity index (χ4v) is 5.58. The summed E-state index contributed by atoms with van der Waals surface area (Å²) in [5.41, 5.74) is 5.06. The summed E-state index contributed by atoms with van der Waals surface area (Å²) in [6.07, 6.45) is 1.03. The highest BCUT2D eigenvalue weighted by Gasteiger charge is 2.34. The van der Waals surface area contributed by atoms with E-state index in [0.29, 0.717) is 66.3 Å². The Morgan fingerprint density at radius 2 is 1.92 bits per heavy atom. The van der Waals surface area contributed by atoms with Crippen LogP contribution >= 0.6 is 0 Å². The molecule has 2 aliphatic rings.